The molecule has 0 spiro atoms. The molecule has 5 heteroatoms. The molecule has 0 saturated heterocycles. The van der Waals surface area contributed by atoms with Crippen LogP contribution >= 0.6 is 15.9 Å². The van der Waals surface area contributed by atoms with Crippen LogP contribution in [0.25, 0.3) is 0 Å². The van der Waals surface area contributed by atoms with E-state index in [0.29, 0.717) is 18.0 Å². The van der Waals surface area contributed by atoms with Crippen molar-refractivity contribution in [1.29, 1.82) is 0 Å². The number of rotatable bonds is 5. The molecule has 1 N–H and O–H groups in total. The van der Waals surface area contributed by atoms with Gasteiger partial charge in [-0.05, 0) is 30.2 Å². The highest BCUT2D eigenvalue weighted by Crippen LogP contribution is 2.11. The van der Waals surface area contributed by atoms with Crippen molar-refractivity contribution < 1.29 is 14.3 Å². The second-order valence-corrected chi connectivity index (χ2v) is 5.20. The maximum atomic E-state index is 11.6. The Morgan fingerprint density at radius 2 is 1.89 bits per heavy atom. The van der Waals surface area contributed by atoms with Crippen molar-refractivity contribution in [2.45, 2.75) is 13.8 Å². The molecule has 1 rings (SSSR count). The van der Waals surface area contributed by atoms with E-state index >= 15 is 0 Å². The first-order valence-electron chi connectivity index (χ1n) is 5.68. The van der Waals surface area contributed by atoms with Crippen LogP contribution in [0.1, 0.15) is 24.2 Å². The van der Waals surface area contributed by atoms with Crippen LogP contribution in [-0.4, -0.2) is 25.0 Å². The summed E-state index contributed by atoms with van der Waals surface area (Å²) in [5.41, 5.74) is 0.426. The first kappa shape index (κ1) is 14.7. The third-order valence-corrected chi connectivity index (χ3v) is 2.65. The van der Waals surface area contributed by atoms with Gasteiger partial charge < -0.3 is 10.1 Å². The molecule has 1 amide bonds. The van der Waals surface area contributed by atoms with E-state index in [0.717, 1.165) is 4.47 Å². The van der Waals surface area contributed by atoms with Crippen molar-refractivity contribution in [3.63, 3.8) is 0 Å². The van der Waals surface area contributed by atoms with Crippen LogP contribution in [0.4, 0.5) is 0 Å². The lowest BCUT2D eigenvalue weighted by atomic mass is 10.2. The molecule has 1 aromatic rings. The fourth-order valence-corrected chi connectivity index (χ4v) is 1.43. The first-order valence-corrected chi connectivity index (χ1v) is 6.47. The van der Waals surface area contributed by atoms with Gasteiger partial charge in [-0.3, -0.25) is 4.79 Å². The van der Waals surface area contributed by atoms with E-state index in [9.17, 15) is 9.59 Å². The molecule has 4 nitrogen and oxygen atoms in total. The topological polar surface area (TPSA) is 55.4 Å². The second-order valence-electron chi connectivity index (χ2n) is 4.28. The maximum Gasteiger partial charge on any atom is 0.338 e. The van der Waals surface area contributed by atoms with Gasteiger partial charge in [-0.2, -0.15) is 0 Å². The third-order valence-electron chi connectivity index (χ3n) is 2.12. The van der Waals surface area contributed by atoms with Crippen LogP contribution in [0.15, 0.2) is 28.7 Å². The number of halogens is 1. The van der Waals surface area contributed by atoms with Crippen molar-refractivity contribution in [3.8, 4) is 0 Å². The Hall–Kier alpha value is -1.36. The third kappa shape index (κ3) is 5.31. The van der Waals surface area contributed by atoms with E-state index in [1.165, 1.54) is 0 Å². The van der Waals surface area contributed by atoms with E-state index in [-0.39, 0.29) is 12.5 Å². The fourth-order valence-electron chi connectivity index (χ4n) is 1.17. The van der Waals surface area contributed by atoms with Crippen molar-refractivity contribution in [3.05, 3.63) is 34.3 Å². The molecule has 98 valence electrons. The summed E-state index contributed by atoms with van der Waals surface area (Å²) in [6, 6.07) is 6.77. The minimum atomic E-state index is -0.498. The molecule has 0 aromatic heterocycles. The summed E-state index contributed by atoms with van der Waals surface area (Å²) in [6.45, 7) is 4.32. The molecule has 0 aliphatic heterocycles. The first-order chi connectivity index (χ1) is 8.49. The summed E-state index contributed by atoms with van der Waals surface area (Å²) in [7, 11) is 0. The number of benzene rings is 1. The lowest BCUT2D eigenvalue weighted by Crippen LogP contribution is -2.31. The van der Waals surface area contributed by atoms with Crippen molar-refractivity contribution in [2.24, 2.45) is 5.92 Å². The van der Waals surface area contributed by atoms with Gasteiger partial charge in [0.05, 0.1) is 5.56 Å². The predicted octanol–water partition coefficient (Wildman–Crippen LogP) is 2.38. The number of hydrogen-bond donors (Lipinski definition) is 1. The number of ether oxygens (including phenoxy) is 1. The van der Waals surface area contributed by atoms with Crippen molar-refractivity contribution in [1.82, 2.24) is 5.32 Å². The SMILES string of the molecule is CC(C)CNC(=O)COC(=O)c1ccc(Br)cc1. The minimum Gasteiger partial charge on any atom is -0.452 e. The molecule has 0 bridgehead atoms. The van der Waals surface area contributed by atoms with Gasteiger partial charge in [0.1, 0.15) is 0 Å². The average Bonchev–Trinajstić information content (AvgIpc) is 2.34. The Kier molecular flexibility index (Phi) is 5.85. The van der Waals surface area contributed by atoms with Gasteiger partial charge in [-0.15, -0.1) is 0 Å². The van der Waals surface area contributed by atoms with Crippen LogP contribution in [0, 0.1) is 5.92 Å². The predicted molar refractivity (Wildman–Crippen MR) is 72.3 cm³/mol. The molecule has 0 radical (unpaired) electrons. The summed E-state index contributed by atoms with van der Waals surface area (Å²) in [6.07, 6.45) is 0. The van der Waals surface area contributed by atoms with Crippen LogP contribution in [0.2, 0.25) is 0 Å². The van der Waals surface area contributed by atoms with Gasteiger partial charge in [0.2, 0.25) is 0 Å². The Labute approximate surface area is 115 Å². The molecule has 0 fully saturated rings. The monoisotopic (exact) mass is 313 g/mol. The fraction of sp³-hybridized carbons (Fsp3) is 0.385. The van der Waals surface area contributed by atoms with E-state index in [1.807, 2.05) is 13.8 Å². The second kappa shape index (κ2) is 7.16. The summed E-state index contributed by atoms with van der Waals surface area (Å²) in [5.74, 6) is -0.410. The van der Waals surface area contributed by atoms with Gasteiger partial charge in [0.15, 0.2) is 6.61 Å². The van der Waals surface area contributed by atoms with Gasteiger partial charge in [0, 0.05) is 11.0 Å². The van der Waals surface area contributed by atoms with E-state index in [1.54, 1.807) is 24.3 Å². The normalized spacial score (nSPS) is 10.2. The minimum absolute atomic E-state index is 0.248. The highest BCUT2D eigenvalue weighted by atomic mass is 79.9. The Balaban J connectivity index is 2.37. The number of nitrogens with one attached hydrogen (secondary N) is 1. The van der Waals surface area contributed by atoms with Gasteiger partial charge in [0.25, 0.3) is 5.91 Å². The smallest absolute Gasteiger partial charge is 0.338 e. The molecule has 0 heterocycles. The Morgan fingerprint density at radius 1 is 1.28 bits per heavy atom. The summed E-state index contributed by atoms with van der Waals surface area (Å²) in [4.78, 5) is 22.9. The average molecular weight is 314 g/mol. The number of amides is 1. The van der Waals surface area contributed by atoms with Crippen LogP contribution in [0.3, 0.4) is 0 Å². The van der Waals surface area contributed by atoms with Crippen LogP contribution in [-0.2, 0) is 9.53 Å². The van der Waals surface area contributed by atoms with E-state index < -0.39 is 5.97 Å². The lowest BCUT2D eigenvalue weighted by Gasteiger charge is -2.08. The van der Waals surface area contributed by atoms with Crippen molar-refractivity contribution in [2.75, 3.05) is 13.2 Å². The number of esters is 1. The molecule has 0 unspecified atom stereocenters. The highest BCUT2D eigenvalue weighted by molar-refractivity contribution is 9.10. The van der Waals surface area contributed by atoms with Crippen LogP contribution in [0.5, 0.6) is 0 Å². The summed E-state index contributed by atoms with van der Waals surface area (Å²) in [5, 5.41) is 2.67. The zero-order valence-corrected chi connectivity index (χ0v) is 12.0. The standard InChI is InChI=1S/C13H16BrNO3/c1-9(2)7-15-12(16)8-18-13(17)10-3-5-11(14)6-4-10/h3-6,9H,7-8H2,1-2H3,(H,15,16). The lowest BCUT2D eigenvalue weighted by molar-refractivity contribution is -0.124. The Morgan fingerprint density at radius 3 is 2.44 bits per heavy atom. The number of carbonyl (C=O) groups is 2. The zero-order valence-electron chi connectivity index (χ0n) is 10.4. The summed E-state index contributed by atoms with van der Waals surface area (Å²) < 4.78 is 5.78. The van der Waals surface area contributed by atoms with E-state index in [4.69, 9.17) is 4.74 Å². The van der Waals surface area contributed by atoms with Gasteiger partial charge >= 0.3 is 5.97 Å². The van der Waals surface area contributed by atoms with Gasteiger partial charge in [-0.1, -0.05) is 29.8 Å². The number of carbonyl (C=O) groups excluding carboxylic acids is 2. The quantitative estimate of drug-likeness (QED) is 0.849. The molecular formula is C13H16BrNO3. The molecule has 1 aromatic carbocycles. The van der Waals surface area contributed by atoms with E-state index in [2.05, 4.69) is 21.2 Å². The molecule has 18 heavy (non-hydrogen) atoms. The largest absolute Gasteiger partial charge is 0.452 e. The summed E-state index contributed by atoms with van der Waals surface area (Å²) >= 11 is 3.27. The molecule has 0 saturated carbocycles. The molecule has 0 aliphatic carbocycles. The van der Waals surface area contributed by atoms with Crippen LogP contribution < -0.4 is 5.32 Å². The highest BCUT2D eigenvalue weighted by Gasteiger charge is 2.09. The van der Waals surface area contributed by atoms with Crippen molar-refractivity contribution >= 4 is 27.8 Å². The molecule has 0 atom stereocenters. The zero-order chi connectivity index (χ0) is 13.5. The van der Waals surface area contributed by atoms with Gasteiger partial charge in [-0.25, -0.2) is 4.79 Å². The molecular weight excluding hydrogens is 298 g/mol. The molecule has 0 aliphatic rings. The Bertz CT molecular complexity index is 415. The maximum absolute atomic E-state index is 11.6. The number of hydrogen-bond acceptors (Lipinski definition) is 3.